The summed E-state index contributed by atoms with van der Waals surface area (Å²) < 4.78 is 22.4. The normalized spacial score (nSPS) is 20.7. The number of fused-ring (bicyclic) bond motifs is 2. The van der Waals surface area contributed by atoms with Crippen molar-refractivity contribution in [1.82, 2.24) is 9.80 Å². The first-order chi connectivity index (χ1) is 20.4. The Morgan fingerprint density at radius 2 is 1.71 bits per heavy atom. The van der Waals surface area contributed by atoms with Gasteiger partial charge in [-0.2, -0.15) is 0 Å². The largest absolute Gasteiger partial charge is 0.481 e. The number of carbonyl (C=O) groups is 2. The standard InChI is InChI=1S/C31H40N2O9/c1-2-3-10-32(11-5-12-34)27(36)16-33-15-23(21-13-22(17-35)30-26(14-21)40-19-42-30)28(31(37)38)24(33)9-8-20-6-4-7-25-29(20)41-18-39-25/h4,6-7,13-14,23-24,28,34-35H,2-3,5,8-12,15-19H2,1H3,(H,37,38)/t23-,24+,28-/m1/s1. The molecule has 1 amide bonds. The first-order valence-electron chi connectivity index (χ1n) is 14.7. The van der Waals surface area contributed by atoms with Gasteiger partial charge in [0, 0.05) is 43.8 Å². The molecule has 3 aliphatic heterocycles. The Kier molecular flexibility index (Phi) is 9.71. The number of rotatable bonds is 14. The predicted octanol–water partition coefficient (Wildman–Crippen LogP) is 2.75. The number of aryl methyl sites for hydroxylation is 1. The third kappa shape index (κ3) is 6.28. The molecule has 0 radical (unpaired) electrons. The highest BCUT2D eigenvalue weighted by Gasteiger charge is 2.47. The minimum atomic E-state index is -0.941. The summed E-state index contributed by atoms with van der Waals surface area (Å²) in [5.41, 5.74) is 2.21. The number of amides is 1. The first-order valence-corrected chi connectivity index (χ1v) is 14.7. The van der Waals surface area contributed by atoms with Crippen molar-refractivity contribution in [2.45, 2.75) is 57.6 Å². The van der Waals surface area contributed by atoms with Gasteiger partial charge in [0.25, 0.3) is 0 Å². The fourth-order valence-corrected chi connectivity index (χ4v) is 6.36. The zero-order chi connectivity index (χ0) is 29.6. The Morgan fingerprint density at radius 1 is 0.976 bits per heavy atom. The molecule has 0 aromatic heterocycles. The van der Waals surface area contributed by atoms with Crippen LogP contribution < -0.4 is 18.9 Å². The van der Waals surface area contributed by atoms with Gasteiger partial charge >= 0.3 is 5.97 Å². The lowest BCUT2D eigenvalue weighted by Gasteiger charge is -2.30. The maximum Gasteiger partial charge on any atom is 0.308 e. The summed E-state index contributed by atoms with van der Waals surface area (Å²) in [6.45, 7) is 3.45. The summed E-state index contributed by atoms with van der Waals surface area (Å²) in [5.74, 6) is 0.0484. The number of para-hydroxylation sites is 1. The number of nitrogens with zero attached hydrogens (tertiary/aromatic N) is 2. The number of carbonyl (C=O) groups excluding carboxylic acids is 1. The second-order valence-corrected chi connectivity index (χ2v) is 11.0. The fourth-order valence-electron chi connectivity index (χ4n) is 6.36. The number of carboxylic acids is 1. The van der Waals surface area contributed by atoms with Crippen molar-refractivity contribution in [2.24, 2.45) is 5.92 Å². The van der Waals surface area contributed by atoms with E-state index in [1.54, 1.807) is 17.0 Å². The highest BCUT2D eigenvalue weighted by atomic mass is 16.7. The number of unbranched alkanes of at least 4 members (excludes halogenated alkanes) is 1. The number of aliphatic carboxylic acids is 1. The number of benzene rings is 2. The van der Waals surface area contributed by atoms with E-state index in [0.717, 1.165) is 24.0 Å². The maximum absolute atomic E-state index is 13.6. The van der Waals surface area contributed by atoms with Crippen molar-refractivity contribution in [3.05, 3.63) is 47.0 Å². The average Bonchev–Trinajstić information content (AvgIpc) is 3.74. The minimum Gasteiger partial charge on any atom is -0.481 e. The van der Waals surface area contributed by atoms with Gasteiger partial charge in [0.2, 0.25) is 19.5 Å². The van der Waals surface area contributed by atoms with Crippen LogP contribution in [0.3, 0.4) is 0 Å². The molecule has 2 aromatic rings. The third-order valence-electron chi connectivity index (χ3n) is 8.45. The van der Waals surface area contributed by atoms with Gasteiger partial charge in [0.05, 0.1) is 19.1 Å². The van der Waals surface area contributed by atoms with Crippen molar-refractivity contribution in [3.8, 4) is 23.0 Å². The molecule has 11 nitrogen and oxygen atoms in total. The van der Waals surface area contributed by atoms with E-state index < -0.39 is 23.8 Å². The predicted molar refractivity (Wildman–Crippen MR) is 152 cm³/mol. The van der Waals surface area contributed by atoms with Crippen molar-refractivity contribution in [2.75, 3.05) is 46.4 Å². The Hall–Kier alpha value is -3.54. The SMILES string of the molecule is CCCCN(CCCO)C(=O)CN1C[C@H](c2cc(CO)c3c(c2)OCO3)[C@@H](C(=O)O)[C@@H]1CCc1cccc2c1OCO2. The fraction of sp³-hybridized carbons (Fsp3) is 0.548. The lowest BCUT2D eigenvalue weighted by atomic mass is 9.82. The summed E-state index contributed by atoms with van der Waals surface area (Å²) in [7, 11) is 0. The lowest BCUT2D eigenvalue weighted by Crippen LogP contribution is -2.45. The molecular formula is C31H40N2O9. The Morgan fingerprint density at radius 3 is 2.43 bits per heavy atom. The molecule has 5 rings (SSSR count). The lowest BCUT2D eigenvalue weighted by molar-refractivity contribution is -0.143. The van der Waals surface area contributed by atoms with E-state index in [4.69, 9.17) is 18.9 Å². The van der Waals surface area contributed by atoms with Crippen LogP contribution in [-0.2, 0) is 22.6 Å². The zero-order valence-electron chi connectivity index (χ0n) is 24.0. The molecule has 1 saturated heterocycles. The summed E-state index contributed by atoms with van der Waals surface area (Å²) in [6.07, 6.45) is 3.31. The molecule has 3 aliphatic rings. The van der Waals surface area contributed by atoms with Gasteiger partial charge < -0.3 is 39.2 Å². The highest BCUT2D eigenvalue weighted by molar-refractivity contribution is 5.79. The van der Waals surface area contributed by atoms with Crippen LogP contribution in [0.4, 0.5) is 0 Å². The van der Waals surface area contributed by atoms with E-state index in [-0.39, 0.29) is 39.3 Å². The molecular weight excluding hydrogens is 544 g/mol. The van der Waals surface area contributed by atoms with Gasteiger partial charge in [0.15, 0.2) is 23.0 Å². The number of ether oxygens (including phenoxy) is 4. The monoisotopic (exact) mass is 584 g/mol. The molecule has 42 heavy (non-hydrogen) atoms. The molecule has 3 heterocycles. The van der Waals surface area contributed by atoms with Gasteiger partial charge in [-0.25, -0.2) is 0 Å². The molecule has 0 unspecified atom stereocenters. The Bertz CT molecular complexity index is 1260. The first kappa shape index (κ1) is 29.9. The van der Waals surface area contributed by atoms with Gasteiger partial charge in [-0.1, -0.05) is 25.5 Å². The van der Waals surface area contributed by atoms with Gasteiger partial charge in [-0.05, 0) is 55.0 Å². The van der Waals surface area contributed by atoms with Crippen LogP contribution in [0.25, 0.3) is 0 Å². The molecule has 228 valence electrons. The van der Waals surface area contributed by atoms with Gasteiger partial charge in [-0.3, -0.25) is 14.5 Å². The summed E-state index contributed by atoms with van der Waals surface area (Å²) in [6, 6.07) is 8.85. The number of hydrogen-bond acceptors (Lipinski definition) is 9. The van der Waals surface area contributed by atoms with Gasteiger partial charge in [-0.15, -0.1) is 0 Å². The van der Waals surface area contributed by atoms with E-state index in [2.05, 4.69) is 6.92 Å². The number of aliphatic hydroxyl groups is 2. The van der Waals surface area contributed by atoms with Crippen LogP contribution in [0.1, 0.15) is 55.2 Å². The minimum absolute atomic E-state index is 0.00407. The average molecular weight is 585 g/mol. The molecule has 1 fully saturated rings. The van der Waals surface area contributed by atoms with E-state index in [1.165, 1.54) is 0 Å². The zero-order valence-corrected chi connectivity index (χ0v) is 24.0. The molecule has 0 aliphatic carbocycles. The molecule has 3 atom stereocenters. The Balaban J connectivity index is 1.45. The molecule has 0 bridgehead atoms. The van der Waals surface area contributed by atoms with Crippen LogP contribution in [0.15, 0.2) is 30.3 Å². The molecule has 0 spiro atoms. The summed E-state index contributed by atoms with van der Waals surface area (Å²) in [4.78, 5) is 30.3. The van der Waals surface area contributed by atoms with Crippen molar-refractivity contribution >= 4 is 11.9 Å². The second kappa shape index (κ2) is 13.6. The van der Waals surface area contributed by atoms with Gasteiger partial charge in [0.1, 0.15) is 0 Å². The number of likely N-dealkylation sites (tertiary alicyclic amines) is 1. The van der Waals surface area contributed by atoms with Crippen LogP contribution in [0, 0.1) is 5.92 Å². The van der Waals surface area contributed by atoms with E-state index >= 15 is 0 Å². The molecule has 0 saturated carbocycles. The van der Waals surface area contributed by atoms with Crippen molar-refractivity contribution in [3.63, 3.8) is 0 Å². The smallest absolute Gasteiger partial charge is 0.308 e. The highest BCUT2D eigenvalue weighted by Crippen LogP contribution is 2.45. The molecule has 11 heteroatoms. The number of carboxylic acid groups (broad SMARTS) is 1. The quantitative estimate of drug-likeness (QED) is 0.304. The molecule has 2 aromatic carbocycles. The summed E-state index contributed by atoms with van der Waals surface area (Å²) in [5, 5.41) is 30.0. The topological polar surface area (TPSA) is 138 Å². The van der Waals surface area contributed by atoms with Crippen molar-refractivity contribution < 1.29 is 43.9 Å². The van der Waals surface area contributed by atoms with E-state index in [9.17, 15) is 24.9 Å². The Labute approximate surface area is 245 Å². The third-order valence-corrected chi connectivity index (χ3v) is 8.45. The van der Waals surface area contributed by atoms with Crippen LogP contribution in [0.2, 0.25) is 0 Å². The van der Waals surface area contributed by atoms with E-state index in [1.807, 2.05) is 23.1 Å². The van der Waals surface area contributed by atoms with Crippen molar-refractivity contribution in [1.29, 1.82) is 0 Å². The van der Waals surface area contributed by atoms with E-state index in [0.29, 0.717) is 67.5 Å². The van der Waals surface area contributed by atoms with Crippen LogP contribution in [-0.4, -0.2) is 89.4 Å². The summed E-state index contributed by atoms with van der Waals surface area (Å²) >= 11 is 0. The van der Waals surface area contributed by atoms with Crippen LogP contribution >= 0.6 is 0 Å². The van der Waals surface area contributed by atoms with Crippen LogP contribution in [0.5, 0.6) is 23.0 Å². The molecule has 3 N–H and O–H groups in total. The maximum atomic E-state index is 13.6. The second-order valence-electron chi connectivity index (χ2n) is 11.0. The number of hydrogen-bond donors (Lipinski definition) is 3. The number of aliphatic hydroxyl groups excluding tert-OH is 2.